The van der Waals surface area contributed by atoms with E-state index in [0.29, 0.717) is 13.3 Å². The van der Waals surface area contributed by atoms with Crippen LogP contribution in [-0.4, -0.2) is 25.4 Å². The van der Waals surface area contributed by atoms with Crippen LogP contribution in [-0.2, 0) is 6.42 Å². The lowest BCUT2D eigenvalue weighted by atomic mass is 9.93. The fourth-order valence-electron chi connectivity index (χ4n) is 2.33. The molecule has 4 heteroatoms. The Morgan fingerprint density at radius 3 is 2.90 bits per heavy atom. The predicted octanol–water partition coefficient (Wildman–Crippen LogP) is 2.07. The normalized spacial score (nSPS) is 15.2. The Hall–Kier alpha value is -1.70. The van der Waals surface area contributed by atoms with E-state index in [1.54, 1.807) is 0 Å². The van der Waals surface area contributed by atoms with E-state index in [1.807, 2.05) is 13.0 Å². The van der Waals surface area contributed by atoms with Gasteiger partial charge in [0.2, 0.25) is 6.79 Å². The average molecular weight is 288 g/mol. The third kappa shape index (κ3) is 4.38. The number of rotatable bonds is 7. The van der Waals surface area contributed by atoms with Gasteiger partial charge in [0.25, 0.3) is 0 Å². The number of nitrogens with one attached hydrogen (secondary N) is 1. The smallest absolute Gasteiger partial charge is 0.231 e. The van der Waals surface area contributed by atoms with Gasteiger partial charge in [-0.3, -0.25) is 0 Å². The van der Waals surface area contributed by atoms with Gasteiger partial charge in [0.1, 0.15) is 0 Å². The van der Waals surface area contributed by atoms with Crippen LogP contribution >= 0.6 is 0 Å². The molecule has 1 aliphatic rings. The minimum absolute atomic E-state index is 0.0637. The minimum Gasteiger partial charge on any atom is -0.454 e. The van der Waals surface area contributed by atoms with E-state index in [9.17, 15) is 0 Å². The topological polar surface area (TPSA) is 56.5 Å². The van der Waals surface area contributed by atoms with E-state index in [-0.39, 0.29) is 5.54 Å². The largest absolute Gasteiger partial charge is 0.454 e. The second kappa shape index (κ2) is 7.35. The molecule has 0 bridgehead atoms. The zero-order valence-electron chi connectivity index (χ0n) is 12.9. The van der Waals surface area contributed by atoms with Gasteiger partial charge < -0.3 is 20.5 Å². The van der Waals surface area contributed by atoms with E-state index in [1.165, 1.54) is 5.56 Å². The molecular formula is C17H24N2O2. The number of benzene rings is 1. The van der Waals surface area contributed by atoms with Crippen molar-refractivity contribution in [2.45, 2.75) is 38.6 Å². The van der Waals surface area contributed by atoms with Gasteiger partial charge in [-0.2, -0.15) is 0 Å². The molecule has 1 aliphatic heterocycles. The maximum atomic E-state index is 5.93. The maximum absolute atomic E-state index is 5.93. The highest BCUT2D eigenvalue weighted by molar-refractivity contribution is 5.44. The van der Waals surface area contributed by atoms with Crippen molar-refractivity contribution < 1.29 is 9.47 Å². The van der Waals surface area contributed by atoms with E-state index in [4.69, 9.17) is 15.2 Å². The van der Waals surface area contributed by atoms with Crippen molar-refractivity contribution in [1.29, 1.82) is 0 Å². The van der Waals surface area contributed by atoms with Gasteiger partial charge in [-0.1, -0.05) is 6.07 Å². The first-order valence-electron chi connectivity index (χ1n) is 7.40. The molecule has 0 saturated heterocycles. The fourth-order valence-corrected chi connectivity index (χ4v) is 2.33. The standard InChI is InChI=1S/C17H24N2O2/c1-3-4-5-10-19-17(2,12-18)9-8-14-6-7-15-16(11-14)21-13-20-15/h6-7,11,19H,5,8-10,12-13,18H2,1-2H3. The Kier molecular flexibility index (Phi) is 5.49. The van der Waals surface area contributed by atoms with Crippen LogP contribution in [0.5, 0.6) is 11.5 Å². The molecule has 1 unspecified atom stereocenters. The van der Waals surface area contributed by atoms with Gasteiger partial charge in [-0.05, 0) is 44.4 Å². The molecular weight excluding hydrogens is 264 g/mol. The summed E-state index contributed by atoms with van der Waals surface area (Å²) in [5.74, 6) is 7.64. The number of ether oxygens (including phenoxy) is 2. The van der Waals surface area contributed by atoms with Gasteiger partial charge in [0.05, 0.1) is 0 Å². The van der Waals surface area contributed by atoms with Crippen molar-refractivity contribution in [3.63, 3.8) is 0 Å². The lowest BCUT2D eigenvalue weighted by Gasteiger charge is -2.29. The van der Waals surface area contributed by atoms with Crippen molar-refractivity contribution in [3.8, 4) is 23.3 Å². The van der Waals surface area contributed by atoms with Crippen molar-refractivity contribution >= 4 is 0 Å². The maximum Gasteiger partial charge on any atom is 0.231 e. The van der Waals surface area contributed by atoms with E-state index < -0.39 is 0 Å². The first-order valence-corrected chi connectivity index (χ1v) is 7.40. The molecule has 0 aromatic heterocycles. The van der Waals surface area contributed by atoms with Gasteiger partial charge in [-0.15, -0.1) is 11.8 Å². The minimum atomic E-state index is -0.0637. The van der Waals surface area contributed by atoms with E-state index in [2.05, 4.69) is 36.2 Å². The Morgan fingerprint density at radius 2 is 2.14 bits per heavy atom. The average Bonchev–Trinajstić information content (AvgIpc) is 2.97. The summed E-state index contributed by atoms with van der Waals surface area (Å²) in [6.07, 6.45) is 2.79. The molecule has 21 heavy (non-hydrogen) atoms. The Morgan fingerprint density at radius 1 is 1.33 bits per heavy atom. The molecule has 0 saturated carbocycles. The zero-order valence-corrected chi connectivity index (χ0v) is 12.9. The second-order valence-electron chi connectivity index (χ2n) is 5.56. The van der Waals surface area contributed by atoms with Crippen LogP contribution in [0.3, 0.4) is 0 Å². The summed E-state index contributed by atoms with van der Waals surface area (Å²) in [7, 11) is 0. The highest BCUT2D eigenvalue weighted by Gasteiger charge is 2.21. The van der Waals surface area contributed by atoms with Crippen LogP contribution in [0, 0.1) is 11.8 Å². The van der Waals surface area contributed by atoms with Crippen LogP contribution in [0.4, 0.5) is 0 Å². The molecule has 1 heterocycles. The second-order valence-corrected chi connectivity index (χ2v) is 5.56. The van der Waals surface area contributed by atoms with Crippen molar-refractivity contribution in [2.24, 2.45) is 5.73 Å². The molecule has 0 aliphatic carbocycles. The molecule has 0 radical (unpaired) electrons. The lowest BCUT2D eigenvalue weighted by molar-refractivity contribution is 0.174. The lowest BCUT2D eigenvalue weighted by Crippen LogP contribution is -2.49. The van der Waals surface area contributed by atoms with Crippen molar-refractivity contribution in [3.05, 3.63) is 23.8 Å². The Bertz CT molecular complexity index is 533. The van der Waals surface area contributed by atoms with Gasteiger partial charge in [0, 0.05) is 25.0 Å². The van der Waals surface area contributed by atoms with Crippen LogP contribution < -0.4 is 20.5 Å². The van der Waals surface area contributed by atoms with Gasteiger partial charge in [-0.25, -0.2) is 0 Å². The van der Waals surface area contributed by atoms with Crippen molar-refractivity contribution in [1.82, 2.24) is 5.32 Å². The SMILES string of the molecule is CC#CCCNC(C)(CN)CCc1ccc2c(c1)OCO2. The first kappa shape index (κ1) is 15.7. The number of hydrogen-bond acceptors (Lipinski definition) is 4. The van der Waals surface area contributed by atoms with E-state index >= 15 is 0 Å². The molecule has 3 N–H and O–H groups in total. The number of fused-ring (bicyclic) bond motifs is 1. The van der Waals surface area contributed by atoms with E-state index in [0.717, 1.165) is 37.3 Å². The summed E-state index contributed by atoms with van der Waals surface area (Å²) in [6.45, 7) is 5.83. The molecule has 114 valence electrons. The van der Waals surface area contributed by atoms with Crippen LogP contribution in [0.15, 0.2) is 18.2 Å². The molecule has 2 rings (SSSR count). The Balaban J connectivity index is 1.87. The Labute approximate surface area is 127 Å². The number of hydrogen-bond donors (Lipinski definition) is 2. The van der Waals surface area contributed by atoms with Crippen LogP contribution in [0.2, 0.25) is 0 Å². The van der Waals surface area contributed by atoms with Gasteiger partial charge >= 0.3 is 0 Å². The summed E-state index contributed by atoms with van der Waals surface area (Å²) in [4.78, 5) is 0. The molecule has 0 amide bonds. The highest BCUT2D eigenvalue weighted by Crippen LogP contribution is 2.33. The summed E-state index contributed by atoms with van der Waals surface area (Å²) in [5, 5.41) is 3.52. The van der Waals surface area contributed by atoms with Crippen LogP contribution in [0.1, 0.15) is 32.3 Å². The molecule has 0 spiro atoms. The van der Waals surface area contributed by atoms with Crippen LogP contribution in [0.25, 0.3) is 0 Å². The third-order valence-electron chi connectivity index (χ3n) is 3.83. The molecule has 4 nitrogen and oxygen atoms in total. The third-order valence-corrected chi connectivity index (χ3v) is 3.83. The highest BCUT2D eigenvalue weighted by atomic mass is 16.7. The van der Waals surface area contributed by atoms with Crippen molar-refractivity contribution in [2.75, 3.05) is 19.9 Å². The summed E-state index contributed by atoms with van der Waals surface area (Å²) >= 11 is 0. The fraction of sp³-hybridized carbons (Fsp3) is 0.529. The monoisotopic (exact) mass is 288 g/mol. The molecule has 1 aromatic carbocycles. The quantitative estimate of drug-likeness (QED) is 0.596. The molecule has 1 atom stereocenters. The number of aryl methyl sites for hydroxylation is 1. The first-order chi connectivity index (χ1) is 10.2. The number of nitrogens with two attached hydrogens (primary N) is 1. The zero-order chi connectivity index (χ0) is 15.1. The summed E-state index contributed by atoms with van der Waals surface area (Å²) < 4.78 is 10.7. The predicted molar refractivity (Wildman–Crippen MR) is 84.4 cm³/mol. The summed E-state index contributed by atoms with van der Waals surface area (Å²) in [5.41, 5.74) is 7.11. The summed E-state index contributed by atoms with van der Waals surface area (Å²) in [6, 6.07) is 6.12. The van der Waals surface area contributed by atoms with Gasteiger partial charge in [0.15, 0.2) is 11.5 Å². The molecule has 1 aromatic rings. The molecule has 0 fully saturated rings.